The molecule has 1 saturated heterocycles. The summed E-state index contributed by atoms with van der Waals surface area (Å²) < 4.78 is 0. The van der Waals surface area contributed by atoms with Crippen molar-refractivity contribution in [1.82, 2.24) is 15.1 Å². The topological polar surface area (TPSA) is 18.5 Å². The van der Waals surface area contributed by atoms with Crippen molar-refractivity contribution in [2.75, 3.05) is 45.8 Å². The average Bonchev–Trinajstić information content (AvgIpc) is 2.66. The molecule has 3 heteroatoms. The molecule has 1 N–H and O–H groups in total. The van der Waals surface area contributed by atoms with E-state index in [1.807, 2.05) is 0 Å². The highest BCUT2D eigenvalue weighted by molar-refractivity contribution is 4.81. The van der Waals surface area contributed by atoms with Gasteiger partial charge >= 0.3 is 0 Å². The highest BCUT2D eigenvalue weighted by atomic mass is 15.2. The van der Waals surface area contributed by atoms with Crippen LogP contribution in [0, 0.1) is 0 Å². The number of piperazine rings is 1. The molecule has 1 heterocycles. The molecule has 0 saturated carbocycles. The molecule has 0 aromatic heterocycles. The quantitative estimate of drug-likeness (QED) is 0.352. The lowest BCUT2D eigenvalue weighted by atomic mass is 10.1. The van der Waals surface area contributed by atoms with Crippen LogP contribution in [0.25, 0.3) is 0 Å². The van der Waals surface area contributed by atoms with Crippen LogP contribution in [-0.2, 0) is 0 Å². The fraction of sp³-hybridized carbons (Fsp3) is 1.00. The summed E-state index contributed by atoms with van der Waals surface area (Å²) in [7, 11) is 0. The first-order valence-electron chi connectivity index (χ1n) is 12.0. The molecule has 0 amide bonds. The molecule has 1 unspecified atom stereocenters. The summed E-state index contributed by atoms with van der Waals surface area (Å²) >= 11 is 0. The molecule has 3 nitrogen and oxygen atoms in total. The van der Waals surface area contributed by atoms with Gasteiger partial charge in [-0.15, -0.1) is 0 Å². The third kappa shape index (κ3) is 12.3. The van der Waals surface area contributed by atoms with Gasteiger partial charge in [0.1, 0.15) is 0 Å². The van der Waals surface area contributed by atoms with Crippen molar-refractivity contribution in [3.05, 3.63) is 0 Å². The molecule has 26 heavy (non-hydrogen) atoms. The minimum Gasteiger partial charge on any atom is -0.310 e. The Morgan fingerprint density at radius 3 is 1.92 bits per heavy atom. The number of nitrogens with zero attached hydrogens (tertiary/aromatic N) is 2. The molecule has 1 atom stereocenters. The van der Waals surface area contributed by atoms with Crippen LogP contribution < -0.4 is 5.32 Å². The lowest BCUT2D eigenvalue weighted by molar-refractivity contribution is 0.154. The Bertz CT molecular complexity index is 283. The molecule has 156 valence electrons. The van der Waals surface area contributed by atoms with Crippen LogP contribution in [-0.4, -0.2) is 61.7 Å². The molecule has 0 bridgehead atoms. The number of nitrogens with one attached hydrogen (secondary N) is 1. The summed E-state index contributed by atoms with van der Waals surface area (Å²) in [6, 6.07) is 0.673. The summed E-state index contributed by atoms with van der Waals surface area (Å²) in [5.41, 5.74) is 0. The molecule has 0 spiro atoms. The van der Waals surface area contributed by atoms with Gasteiger partial charge in [-0.1, -0.05) is 78.6 Å². The SMILES string of the molecule is CCCCCCN(CCCCCC)CC1CN(CCCCCC)CCN1. The number of unbranched alkanes of at least 4 members (excludes halogenated alkanes) is 9. The summed E-state index contributed by atoms with van der Waals surface area (Å²) in [5.74, 6) is 0. The highest BCUT2D eigenvalue weighted by Crippen LogP contribution is 2.09. The molecule has 0 radical (unpaired) electrons. The molecular formula is C23H49N3. The summed E-state index contributed by atoms with van der Waals surface area (Å²) in [6.07, 6.45) is 16.6. The zero-order chi connectivity index (χ0) is 18.9. The van der Waals surface area contributed by atoms with Crippen molar-refractivity contribution in [2.45, 2.75) is 104 Å². The first kappa shape index (κ1) is 23.9. The lowest BCUT2D eigenvalue weighted by Crippen LogP contribution is -2.55. The fourth-order valence-electron chi connectivity index (χ4n) is 4.11. The van der Waals surface area contributed by atoms with Crippen LogP contribution in [0.3, 0.4) is 0 Å². The van der Waals surface area contributed by atoms with E-state index in [0.29, 0.717) is 6.04 Å². The van der Waals surface area contributed by atoms with Gasteiger partial charge in [0, 0.05) is 32.2 Å². The van der Waals surface area contributed by atoms with E-state index in [2.05, 4.69) is 35.9 Å². The van der Waals surface area contributed by atoms with Crippen LogP contribution in [0.4, 0.5) is 0 Å². The van der Waals surface area contributed by atoms with Gasteiger partial charge in [-0.25, -0.2) is 0 Å². The molecule has 0 aliphatic carbocycles. The van der Waals surface area contributed by atoms with Crippen molar-refractivity contribution >= 4 is 0 Å². The summed E-state index contributed by atoms with van der Waals surface area (Å²) in [4.78, 5) is 5.48. The van der Waals surface area contributed by atoms with E-state index in [0.717, 1.165) is 0 Å². The van der Waals surface area contributed by atoms with E-state index < -0.39 is 0 Å². The van der Waals surface area contributed by atoms with Gasteiger partial charge < -0.3 is 15.1 Å². The Balaban J connectivity index is 2.32. The third-order valence-electron chi connectivity index (χ3n) is 5.80. The van der Waals surface area contributed by atoms with Gasteiger partial charge in [-0.3, -0.25) is 0 Å². The molecular weight excluding hydrogens is 318 g/mol. The third-order valence-corrected chi connectivity index (χ3v) is 5.80. The number of hydrogen-bond acceptors (Lipinski definition) is 3. The van der Waals surface area contributed by atoms with Gasteiger partial charge in [-0.05, 0) is 38.9 Å². The lowest BCUT2D eigenvalue weighted by Gasteiger charge is -2.36. The minimum atomic E-state index is 0.673. The fourth-order valence-corrected chi connectivity index (χ4v) is 4.11. The van der Waals surface area contributed by atoms with E-state index >= 15 is 0 Å². The Morgan fingerprint density at radius 2 is 1.35 bits per heavy atom. The Kier molecular flexibility index (Phi) is 15.6. The second kappa shape index (κ2) is 17.0. The average molecular weight is 368 g/mol. The van der Waals surface area contributed by atoms with E-state index in [4.69, 9.17) is 0 Å². The zero-order valence-electron chi connectivity index (χ0n) is 18.4. The second-order valence-corrected chi connectivity index (χ2v) is 8.43. The Labute approximate surface area is 165 Å². The normalized spacial score (nSPS) is 18.7. The smallest absolute Gasteiger partial charge is 0.0323 e. The largest absolute Gasteiger partial charge is 0.310 e. The van der Waals surface area contributed by atoms with Crippen LogP contribution in [0.5, 0.6) is 0 Å². The highest BCUT2D eigenvalue weighted by Gasteiger charge is 2.21. The molecule has 1 aliphatic heterocycles. The van der Waals surface area contributed by atoms with Crippen molar-refractivity contribution in [1.29, 1.82) is 0 Å². The molecule has 0 aromatic carbocycles. The standard InChI is InChI=1S/C23H49N3/c1-4-7-10-13-17-25(18-14-11-8-5-2)21-23-22-26(20-16-24-23)19-15-12-9-6-3/h23-24H,4-22H2,1-3H3. The van der Waals surface area contributed by atoms with Crippen molar-refractivity contribution in [2.24, 2.45) is 0 Å². The van der Waals surface area contributed by atoms with Crippen LogP contribution >= 0.6 is 0 Å². The van der Waals surface area contributed by atoms with Gasteiger partial charge in [-0.2, -0.15) is 0 Å². The first-order valence-corrected chi connectivity index (χ1v) is 12.0. The van der Waals surface area contributed by atoms with E-state index in [-0.39, 0.29) is 0 Å². The van der Waals surface area contributed by atoms with Crippen molar-refractivity contribution in [3.8, 4) is 0 Å². The maximum absolute atomic E-state index is 3.80. The molecule has 0 aromatic rings. The molecule has 1 aliphatic rings. The van der Waals surface area contributed by atoms with Gasteiger partial charge in [0.15, 0.2) is 0 Å². The van der Waals surface area contributed by atoms with Crippen LogP contribution in [0.2, 0.25) is 0 Å². The van der Waals surface area contributed by atoms with E-state index in [9.17, 15) is 0 Å². The maximum atomic E-state index is 3.80. The van der Waals surface area contributed by atoms with Gasteiger partial charge in [0.05, 0.1) is 0 Å². The molecule has 1 fully saturated rings. The predicted molar refractivity (Wildman–Crippen MR) is 117 cm³/mol. The van der Waals surface area contributed by atoms with Crippen LogP contribution in [0.15, 0.2) is 0 Å². The number of hydrogen-bond donors (Lipinski definition) is 1. The maximum Gasteiger partial charge on any atom is 0.0323 e. The second-order valence-electron chi connectivity index (χ2n) is 8.43. The van der Waals surface area contributed by atoms with Gasteiger partial charge in [0.2, 0.25) is 0 Å². The Hall–Kier alpha value is -0.120. The predicted octanol–water partition coefficient (Wildman–Crippen LogP) is 5.30. The van der Waals surface area contributed by atoms with Crippen LogP contribution in [0.1, 0.15) is 97.8 Å². The van der Waals surface area contributed by atoms with Crippen molar-refractivity contribution < 1.29 is 0 Å². The minimum absolute atomic E-state index is 0.673. The van der Waals surface area contributed by atoms with Crippen molar-refractivity contribution in [3.63, 3.8) is 0 Å². The van der Waals surface area contributed by atoms with E-state index in [1.54, 1.807) is 0 Å². The van der Waals surface area contributed by atoms with E-state index in [1.165, 1.54) is 123 Å². The first-order chi connectivity index (χ1) is 12.8. The monoisotopic (exact) mass is 367 g/mol. The number of rotatable bonds is 17. The summed E-state index contributed by atoms with van der Waals surface area (Å²) in [5, 5.41) is 3.80. The zero-order valence-corrected chi connectivity index (χ0v) is 18.4. The molecule has 1 rings (SSSR count). The van der Waals surface area contributed by atoms with Gasteiger partial charge in [0.25, 0.3) is 0 Å². The summed E-state index contributed by atoms with van der Waals surface area (Å²) in [6.45, 7) is 15.8. The Morgan fingerprint density at radius 1 is 0.769 bits per heavy atom.